The van der Waals surface area contributed by atoms with Crippen LogP contribution in [0.25, 0.3) is 22.1 Å². The van der Waals surface area contributed by atoms with E-state index in [9.17, 15) is 0 Å². The highest BCUT2D eigenvalue weighted by molar-refractivity contribution is 6.08. The molecule has 30 heavy (non-hydrogen) atoms. The Hall–Kier alpha value is -2.81. The molecule has 0 amide bonds. The van der Waals surface area contributed by atoms with E-state index in [4.69, 9.17) is 4.42 Å². The number of aryl methyl sites for hydroxylation is 2. The summed E-state index contributed by atoms with van der Waals surface area (Å²) in [4.78, 5) is 7.40. The van der Waals surface area contributed by atoms with Gasteiger partial charge in [-0.1, -0.05) is 55.7 Å². The van der Waals surface area contributed by atoms with Crippen LogP contribution in [0.4, 0.5) is 5.69 Å². The topological polar surface area (TPSA) is 29.3 Å². The van der Waals surface area contributed by atoms with Crippen molar-refractivity contribution in [2.75, 3.05) is 4.90 Å². The van der Waals surface area contributed by atoms with Crippen molar-refractivity contribution in [2.24, 2.45) is 0 Å². The lowest BCUT2D eigenvalue weighted by molar-refractivity contribution is 0.284. The van der Waals surface area contributed by atoms with E-state index in [1.54, 1.807) is 0 Å². The summed E-state index contributed by atoms with van der Waals surface area (Å²) in [5, 5.41) is 2.28. The summed E-state index contributed by atoms with van der Waals surface area (Å²) in [5.74, 6) is 0. The number of hydrogen-bond donors (Lipinski definition) is 0. The smallest absolute Gasteiger partial charge is 0.227 e. The standard InChI is InChI=1S/C27H28N2O/c1-17-11-13-21-22-14-12-18(2)28-26(22)30-25(21)24(17)29-19(3)20-9-5-6-10-23(20)27(29)15-7-4-8-16-27/h5-6,9-14,19H,4,7-8,15-16H2,1-3H3/t19-/m0/s1. The van der Waals surface area contributed by atoms with Crippen LogP contribution in [0.3, 0.4) is 0 Å². The van der Waals surface area contributed by atoms with E-state index >= 15 is 0 Å². The van der Waals surface area contributed by atoms with Gasteiger partial charge in [-0.15, -0.1) is 0 Å². The number of aromatic nitrogens is 1. The van der Waals surface area contributed by atoms with Crippen molar-refractivity contribution >= 4 is 27.8 Å². The number of hydrogen-bond acceptors (Lipinski definition) is 3. The van der Waals surface area contributed by atoms with Gasteiger partial charge in [0.25, 0.3) is 0 Å². The first-order chi connectivity index (χ1) is 14.6. The molecule has 3 heterocycles. The fraction of sp³-hybridized carbons (Fsp3) is 0.370. The molecule has 1 fully saturated rings. The second-order valence-corrected chi connectivity index (χ2v) is 9.24. The number of benzene rings is 2. The zero-order valence-corrected chi connectivity index (χ0v) is 18.0. The molecule has 1 aliphatic heterocycles. The monoisotopic (exact) mass is 396 g/mol. The Kier molecular flexibility index (Phi) is 3.80. The molecule has 3 nitrogen and oxygen atoms in total. The number of rotatable bonds is 1. The fourth-order valence-electron chi connectivity index (χ4n) is 6.18. The third kappa shape index (κ3) is 2.29. The third-order valence-corrected chi connectivity index (χ3v) is 7.50. The number of nitrogens with zero attached hydrogens (tertiary/aromatic N) is 2. The first kappa shape index (κ1) is 18.0. The van der Waals surface area contributed by atoms with Gasteiger partial charge in [0.1, 0.15) is 0 Å². The van der Waals surface area contributed by atoms with Gasteiger partial charge in [0.2, 0.25) is 5.71 Å². The number of pyridine rings is 1. The zero-order valence-electron chi connectivity index (χ0n) is 18.0. The normalized spacial score (nSPS) is 20.4. The lowest BCUT2D eigenvalue weighted by atomic mass is 9.76. The lowest BCUT2D eigenvalue weighted by Crippen LogP contribution is -2.44. The maximum Gasteiger partial charge on any atom is 0.227 e. The second kappa shape index (κ2) is 6.34. The van der Waals surface area contributed by atoms with Crippen LogP contribution in [-0.4, -0.2) is 4.98 Å². The maximum atomic E-state index is 6.49. The average molecular weight is 397 g/mol. The van der Waals surface area contributed by atoms with Gasteiger partial charge in [0, 0.05) is 16.5 Å². The van der Waals surface area contributed by atoms with Gasteiger partial charge < -0.3 is 9.32 Å². The van der Waals surface area contributed by atoms with Crippen molar-refractivity contribution < 1.29 is 4.42 Å². The molecule has 0 radical (unpaired) electrons. The van der Waals surface area contributed by atoms with Gasteiger partial charge in [-0.25, -0.2) is 4.98 Å². The van der Waals surface area contributed by atoms with Crippen LogP contribution in [0.1, 0.15) is 67.5 Å². The maximum absolute atomic E-state index is 6.49. The molecule has 3 heteroatoms. The Balaban J connectivity index is 1.66. The summed E-state index contributed by atoms with van der Waals surface area (Å²) < 4.78 is 6.49. The molecule has 2 aliphatic rings. The van der Waals surface area contributed by atoms with Crippen LogP contribution in [0.5, 0.6) is 0 Å². The predicted octanol–water partition coefficient (Wildman–Crippen LogP) is 7.34. The zero-order chi connectivity index (χ0) is 20.5. The summed E-state index contributed by atoms with van der Waals surface area (Å²) in [6.45, 7) is 6.62. The Morgan fingerprint density at radius 2 is 1.70 bits per heavy atom. The van der Waals surface area contributed by atoms with Gasteiger partial charge in [0.05, 0.1) is 17.3 Å². The molecule has 0 unspecified atom stereocenters. The van der Waals surface area contributed by atoms with E-state index < -0.39 is 0 Å². The van der Waals surface area contributed by atoms with E-state index in [1.807, 2.05) is 6.92 Å². The van der Waals surface area contributed by atoms with Crippen LogP contribution < -0.4 is 4.90 Å². The molecule has 1 spiro atoms. The van der Waals surface area contributed by atoms with Crippen molar-refractivity contribution in [3.8, 4) is 0 Å². The summed E-state index contributed by atoms with van der Waals surface area (Å²) in [7, 11) is 0. The van der Waals surface area contributed by atoms with Crippen LogP contribution in [-0.2, 0) is 5.54 Å². The molecule has 4 aromatic rings. The minimum absolute atomic E-state index is 0.0651. The van der Waals surface area contributed by atoms with Crippen LogP contribution >= 0.6 is 0 Å². The molecule has 2 aromatic carbocycles. The Bertz CT molecular complexity index is 1280. The molecule has 0 saturated heterocycles. The molecule has 0 N–H and O–H groups in total. The molecular weight excluding hydrogens is 368 g/mol. The minimum Gasteiger partial charge on any atom is -0.436 e. The quantitative estimate of drug-likeness (QED) is 0.337. The van der Waals surface area contributed by atoms with Gasteiger partial charge in [-0.3, -0.25) is 0 Å². The highest BCUT2D eigenvalue weighted by Gasteiger charge is 2.50. The third-order valence-electron chi connectivity index (χ3n) is 7.50. The first-order valence-corrected chi connectivity index (χ1v) is 11.3. The van der Waals surface area contributed by atoms with Crippen molar-refractivity contribution in [3.05, 3.63) is 70.9 Å². The van der Waals surface area contributed by atoms with Crippen molar-refractivity contribution in [2.45, 2.75) is 64.5 Å². The number of anilines is 1. The van der Waals surface area contributed by atoms with E-state index in [1.165, 1.54) is 59.9 Å². The van der Waals surface area contributed by atoms with Gasteiger partial charge in [-0.2, -0.15) is 0 Å². The molecule has 0 bridgehead atoms. The highest BCUT2D eigenvalue weighted by Crippen LogP contribution is 2.57. The van der Waals surface area contributed by atoms with E-state index in [-0.39, 0.29) is 5.54 Å². The SMILES string of the molecule is Cc1ccc2c(n1)oc1c(N3[C@@H](C)c4ccccc4C34CCCCC4)c(C)ccc12. The molecule has 152 valence electrons. The highest BCUT2D eigenvalue weighted by atomic mass is 16.3. The van der Waals surface area contributed by atoms with Gasteiger partial charge in [0.15, 0.2) is 5.58 Å². The van der Waals surface area contributed by atoms with E-state index in [0.717, 1.165) is 22.4 Å². The van der Waals surface area contributed by atoms with Crippen LogP contribution in [0.2, 0.25) is 0 Å². The number of fused-ring (bicyclic) bond motifs is 5. The lowest BCUT2D eigenvalue weighted by Gasteiger charge is -2.46. The van der Waals surface area contributed by atoms with Gasteiger partial charge >= 0.3 is 0 Å². The van der Waals surface area contributed by atoms with Crippen LogP contribution in [0.15, 0.2) is 52.9 Å². The largest absolute Gasteiger partial charge is 0.436 e. The average Bonchev–Trinajstić information content (AvgIpc) is 3.23. The van der Waals surface area contributed by atoms with Crippen molar-refractivity contribution in [3.63, 3.8) is 0 Å². The minimum atomic E-state index is 0.0651. The second-order valence-electron chi connectivity index (χ2n) is 9.24. The summed E-state index contributed by atoms with van der Waals surface area (Å²) in [5.41, 5.74) is 8.34. The molecule has 6 rings (SSSR count). The molecule has 1 atom stereocenters. The molecular formula is C27H28N2O. The van der Waals surface area contributed by atoms with E-state index in [0.29, 0.717) is 6.04 Å². The predicted molar refractivity (Wildman–Crippen MR) is 123 cm³/mol. The summed E-state index contributed by atoms with van der Waals surface area (Å²) in [6, 6.07) is 18.1. The molecule has 2 aromatic heterocycles. The number of furan rings is 1. The van der Waals surface area contributed by atoms with Crippen LogP contribution in [0, 0.1) is 13.8 Å². The molecule has 1 saturated carbocycles. The van der Waals surface area contributed by atoms with Crippen molar-refractivity contribution in [1.29, 1.82) is 0 Å². The van der Waals surface area contributed by atoms with Crippen molar-refractivity contribution in [1.82, 2.24) is 4.98 Å². The molecule has 1 aliphatic carbocycles. The Labute approximate surface area is 177 Å². The van der Waals surface area contributed by atoms with E-state index in [2.05, 4.69) is 72.3 Å². The van der Waals surface area contributed by atoms with Gasteiger partial charge in [-0.05, 0) is 62.4 Å². The summed E-state index contributed by atoms with van der Waals surface area (Å²) >= 11 is 0. The Morgan fingerprint density at radius 3 is 2.53 bits per heavy atom. The fourth-order valence-corrected chi connectivity index (χ4v) is 6.18. The Morgan fingerprint density at radius 1 is 0.933 bits per heavy atom. The summed E-state index contributed by atoms with van der Waals surface area (Å²) in [6.07, 6.45) is 6.33. The first-order valence-electron chi connectivity index (χ1n) is 11.3.